The summed E-state index contributed by atoms with van der Waals surface area (Å²) in [6.45, 7) is 26.1. The molecule has 5 nitrogen and oxygen atoms in total. The van der Waals surface area contributed by atoms with Gasteiger partial charge in [-0.25, -0.2) is 4.79 Å². The van der Waals surface area contributed by atoms with E-state index in [1.165, 1.54) is 89.5 Å². The molecule has 0 amide bonds. The lowest BCUT2D eigenvalue weighted by molar-refractivity contribution is 0.137. The summed E-state index contributed by atoms with van der Waals surface area (Å²) in [6.07, 6.45) is -1.83. The van der Waals surface area contributed by atoms with Crippen LogP contribution in [-0.2, 0) is 0 Å². The highest BCUT2D eigenvalue weighted by atomic mass is 16.6. The molecule has 0 aliphatic carbocycles. The molecule has 4 aromatic carbocycles. The van der Waals surface area contributed by atoms with E-state index in [1.807, 2.05) is 0 Å². The number of aryl methyl sites for hydroxylation is 4. The fraction of sp³-hybridized carbons (Fsp3) is 0.324. The first kappa shape index (κ1) is 34.0. The third-order valence-electron chi connectivity index (χ3n) is 8.77. The van der Waals surface area contributed by atoms with Crippen LogP contribution in [0.2, 0.25) is 0 Å². The van der Waals surface area contributed by atoms with Crippen molar-refractivity contribution in [2.24, 2.45) is 0 Å². The van der Waals surface area contributed by atoms with Crippen LogP contribution in [0, 0.1) is 83.1 Å². The predicted molar refractivity (Wildman–Crippen MR) is 180 cm³/mol. The van der Waals surface area contributed by atoms with Crippen molar-refractivity contribution in [1.29, 1.82) is 0 Å². The third-order valence-corrected chi connectivity index (χ3v) is 8.77. The first-order chi connectivity index (χ1) is 19.6. The van der Waals surface area contributed by atoms with Gasteiger partial charge in [0.05, 0.1) is 0 Å². The molecule has 0 fully saturated rings. The normalized spacial score (nSPS) is 10.2. The van der Waals surface area contributed by atoms with Crippen LogP contribution in [-0.4, -0.2) is 16.4 Å². The van der Waals surface area contributed by atoms with Crippen LogP contribution in [0.1, 0.15) is 66.8 Å². The highest BCUT2D eigenvalue weighted by molar-refractivity contribution is 5.70. The number of nitrogens with one attached hydrogen (secondary N) is 2. The van der Waals surface area contributed by atoms with Gasteiger partial charge in [0, 0.05) is 22.7 Å². The molecule has 0 radical (unpaired) electrons. The Hall–Kier alpha value is -4.25. The average Bonchev–Trinajstić information content (AvgIpc) is 2.94. The first-order valence-corrected chi connectivity index (χ1v) is 14.3. The second kappa shape index (κ2) is 14.6. The Labute approximate surface area is 252 Å². The van der Waals surface area contributed by atoms with Crippen LogP contribution in [0.25, 0.3) is 0 Å². The molecule has 0 atom stereocenters. The van der Waals surface area contributed by atoms with Crippen LogP contribution in [0.15, 0.2) is 48.5 Å². The summed E-state index contributed by atoms with van der Waals surface area (Å²) in [5.41, 5.74) is 21.0. The minimum Gasteiger partial charge on any atom is -0.450 e. The van der Waals surface area contributed by atoms with Gasteiger partial charge in [0.1, 0.15) is 0 Å². The van der Waals surface area contributed by atoms with Crippen molar-refractivity contribution in [2.75, 3.05) is 10.6 Å². The second-order valence-corrected chi connectivity index (χ2v) is 11.3. The summed E-state index contributed by atoms with van der Waals surface area (Å²) in [7, 11) is 0. The summed E-state index contributed by atoms with van der Waals surface area (Å²) in [6, 6.07) is 17.4. The molecule has 0 heterocycles. The first-order valence-electron chi connectivity index (χ1n) is 14.3. The summed E-state index contributed by atoms with van der Waals surface area (Å²) in [5.74, 6) is 0. The highest BCUT2D eigenvalue weighted by Crippen LogP contribution is 2.30. The molecule has 42 heavy (non-hydrogen) atoms. The standard InChI is InChI=1S/2C18H23N.CH2O3/c2*1-11-7-9-17(15(5)13(11)3)19-18-10-8-12(2)14(4)16(18)6;2-1(3)4/h2*7-10,19H,1-6H3;(H2,2,3,4). The van der Waals surface area contributed by atoms with E-state index in [1.54, 1.807) is 0 Å². The molecular weight excluding hydrogens is 520 g/mol. The van der Waals surface area contributed by atoms with Gasteiger partial charge < -0.3 is 20.8 Å². The molecule has 0 saturated carbocycles. The number of hydrogen-bond donors (Lipinski definition) is 4. The van der Waals surface area contributed by atoms with Crippen LogP contribution in [0.3, 0.4) is 0 Å². The number of benzene rings is 4. The topological polar surface area (TPSA) is 81.6 Å². The van der Waals surface area contributed by atoms with E-state index in [9.17, 15) is 0 Å². The molecule has 224 valence electrons. The summed E-state index contributed by atoms with van der Waals surface area (Å²) >= 11 is 0. The van der Waals surface area contributed by atoms with Crippen LogP contribution < -0.4 is 10.6 Å². The Morgan fingerprint density at radius 1 is 0.381 bits per heavy atom. The SMILES string of the molecule is Cc1ccc(Nc2ccc(C)c(C)c2C)c(C)c1C.Cc1ccc(Nc2ccc(C)c(C)c2C)c(C)c1C.O=C(O)O. The van der Waals surface area contributed by atoms with Gasteiger partial charge >= 0.3 is 6.16 Å². The minimum absolute atomic E-state index is 1.20. The molecule has 0 aliphatic heterocycles. The van der Waals surface area contributed by atoms with Crippen LogP contribution >= 0.6 is 0 Å². The monoisotopic (exact) mass is 568 g/mol. The molecule has 4 aromatic rings. The predicted octanol–water partition coefficient (Wildman–Crippen LogP) is 10.8. The fourth-order valence-electron chi connectivity index (χ4n) is 4.66. The molecule has 0 aromatic heterocycles. The van der Waals surface area contributed by atoms with Gasteiger partial charge in [-0.2, -0.15) is 0 Å². The Morgan fingerprint density at radius 2 is 0.548 bits per heavy atom. The molecule has 0 unspecified atom stereocenters. The number of rotatable bonds is 4. The van der Waals surface area contributed by atoms with E-state index in [-0.39, 0.29) is 0 Å². The molecular formula is C37H48N2O3. The molecule has 4 rings (SSSR count). The van der Waals surface area contributed by atoms with Gasteiger partial charge in [0.15, 0.2) is 0 Å². The zero-order chi connectivity index (χ0) is 31.9. The fourth-order valence-corrected chi connectivity index (χ4v) is 4.66. The Kier molecular flexibility index (Phi) is 11.8. The Balaban J connectivity index is 0.000000261. The van der Waals surface area contributed by atoms with Crippen molar-refractivity contribution < 1.29 is 15.0 Å². The van der Waals surface area contributed by atoms with E-state index in [0.29, 0.717) is 0 Å². The van der Waals surface area contributed by atoms with Crippen LogP contribution in [0.5, 0.6) is 0 Å². The van der Waals surface area contributed by atoms with E-state index in [4.69, 9.17) is 15.0 Å². The van der Waals surface area contributed by atoms with E-state index < -0.39 is 6.16 Å². The Morgan fingerprint density at radius 3 is 0.714 bits per heavy atom. The van der Waals surface area contributed by atoms with Crippen molar-refractivity contribution >= 4 is 28.9 Å². The van der Waals surface area contributed by atoms with Crippen molar-refractivity contribution in [3.05, 3.63) is 115 Å². The molecule has 0 spiro atoms. The van der Waals surface area contributed by atoms with Crippen molar-refractivity contribution in [3.63, 3.8) is 0 Å². The largest absolute Gasteiger partial charge is 0.503 e. The minimum atomic E-state index is -1.83. The summed E-state index contributed by atoms with van der Waals surface area (Å²) < 4.78 is 0. The molecule has 0 aliphatic rings. The molecule has 0 saturated heterocycles. The summed E-state index contributed by atoms with van der Waals surface area (Å²) in [5, 5.41) is 21.1. The number of carboxylic acid groups (broad SMARTS) is 2. The number of anilines is 4. The maximum atomic E-state index is 8.56. The number of hydrogen-bond acceptors (Lipinski definition) is 3. The zero-order valence-corrected chi connectivity index (χ0v) is 27.4. The van der Waals surface area contributed by atoms with Gasteiger partial charge in [-0.15, -0.1) is 0 Å². The van der Waals surface area contributed by atoms with E-state index in [0.717, 1.165) is 0 Å². The Bertz CT molecular complexity index is 1360. The molecule has 5 heteroatoms. The molecule has 0 bridgehead atoms. The smallest absolute Gasteiger partial charge is 0.450 e. The quantitative estimate of drug-likeness (QED) is 0.197. The van der Waals surface area contributed by atoms with Gasteiger partial charge in [-0.3, -0.25) is 0 Å². The van der Waals surface area contributed by atoms with Crippen molar-refractivity contribution in [1.82, 2.24) is 0 Å². The lowest BCUT2D eigenvalue weighted by atomic mass is 10.0. The lowest BCUT2D eigenvalue weighted by Gasteiger charge is -2.17. The maximum Gasteiger partial charge on any atom is 0.503 e. The van der Waals surface area contributed by atoms with Crippen molar-refractivity contribution in [3.8, 4) is 0 Å². The van der Waals surface area contributed by atoms with Crippen LogP contribution in [0.4, 0.5) is 27.5 Å². The van der Waals surface area contributed by atoms with E-state index in [2.05, 4.69) is 142 Å². The second-order valence-electron chi connectivity index (χ2n) is 11.3. The molecule has 4 N–H and O–H groups in total. The van der Waals surface area contributed by atoms with Gasteiger partial charge in [0.25, 0.3) is 0 Å². The van der Waals surface area contributed by atoms with E-state index >= 15 is 0 Å². The summed E-state index contributed by atoms with van der Waals surface area (Å²) in [4.78, 5) is 8.56. The average molecular weight is 569 g/mol. The van der Waals surface area contributed by atoms with Gasteiger partial charge in [-0.05, 0) is 174 Å². The maximum absolute atomic E-state index is 8.56. The zero-order valence-electron chi connectivity index (χ0n) is 27.4. The third kappa shape index (κ3) is 8.39. The van der Waals surface area contributed by atoms with Crippen molar-refractivity contribution in [2.45, 2.75) is 83.1 Å². The highest BCUT2D eigenvalue weighted by Gasteiger charge is 2.09. The van der Waals surface area contributed by atoms with Gasteiger partial charge in [0.2, 0.25) is 0 Å². The lowest BCUT2D eigenvalue weighted by Crippen LogP contribution is -2.00. The number of carbonyl (C=O) groups is 1. The van der Waals surface area contributed by atoms with Gasteiger partial charge in [-0.1, -0.05) is 24.3 Å².